The second-order valence-electron chi connectivity index (χ2n) is 9.85. The number of unbranched alkanes of at least 4 members (excludes halogenated alkanes) is 9. The highest BCUT2D eigenvalue weighted by molar-refractivity contribution is 5.53. The fraction of sp³-hybridized carbons (Fsp3) is 0.600. The molecule has 3 nitrogen and oxygen atoms in total. The number of benzene rings is 2. The zero-order chi connectivity index (χ0) is 24.2. The van der Waals surface area contributed by atoms with Crippen molar-refractivity contribution >= 4 is 0 Å². The molecule has 0 aliphatic rings. The lowest BCUT2D eigenvalue weighted by atomic mass is 9.86. The van der Waals surface area contributed by atoms with Gasteiger partial charge in [-0.15, -0.1) is 0 Å². The molecule has 2 aromatic rings. The van der Waals surface area contributed by atoms with Gasteiger partial charge in [0.25, 0.3) is 0 Å². The van der Waals surface area contributed by atoms with Crippen molar-refractivity contribution in [2.45, 2.75) is 105 Å². The third-order valence-corrected chi connectivity index (χ3v) is 6.63. The minimum Gasteiger partial charge on any atom is -0.507 e. The number of hydrogen-bond acceptors (Lipinski definition) is 3. The number of ether oxygens (including phenoxy) is 1. The highest BCUT2D eigenvalue weighted by Gasteiger charge is 2.23. The van der Waals surface area contributed by atoms with E-state index in [1.54, 1.807) is 0 Å². The molecule has 0 aliphatic heterocycles. The number of phenols is 2. The van der Waals surface area contributed by atoms with Crippen LogP contribution in [0, 0.1) is 27.7 Å². The summed E-state index contributed by atoms with van der Waals surface area (Å²) in [5, 5.41) is 21.7. The van der Waals surface area contributed by atoms with E-state index < -0.39 is 0 Å². The van der Waals surface area contributed by atoms with Gasteiger partial charge in [0.1, 0.15) is 11.5 Å². The number of aryl methyl sites for hydroxylation is 4. The lowest BCUT2D eigenvalue weighted by molar-refractivity contribution is 0.122. The summed E-state index contributed by atoms with van der Waals surface area (Å²) in [5.41, 5.74) is 5.57. The van der Waals surface area contributed by atoms with Gasteiger partial charge in [0, 0.05) is 23.7 Å². The van der Waals surface area contributed by atoms with Crippen molar-refractivity contribution in [1.29, 1.82) is 0 Å². The first-order valence-electron chi connectivity index (χ1n) is 13.0. The van der Waals surface area contributed by atoms with Crippen LogP contribution in [-0.2, 0) is 4.74 Å². The van der Waals surface area contributed by atoms with Gasteiger partial charge in [-0.2, -0.15) is 0 Å². The Morgan fingerprint density at radius 3 is 1.52 bits per heavy atom. The van der Waals surface area contributed by atoms with E-state index >= 15 is 0 Å². The van der Waals surface area contributed by atoms with Crippen LogP contribution in [0.25, 0.3) is 0 Å². The summed E-state index contributed by atoms with van der Waals surface area (Å²) in [6, 6.07) is 8.02. The lowest BCUT2D eigenvalue weighted by Gasteiger charge is -2.23. The molecule has 0 aromatic heterocycles. The summed E-state index contributed by atoms with van der Waals surface area (Å²) in [6.07, 6.45) is 13.0. The molecule has 0 aliphatic carbocycles. The van der Waals surface area contributed by atoms with Crippen LogP contribution in [0.1, 0.15) is 110 Å². The molecule has 2 rings (SSSR count). The third-order valence-electron chi connectivity index (χ3n) is 6.63. The molecule has 0 amide bonds. The summed E-state index contributed by atoms with van der Waals surface area (Å²) < 4.78 is 6.12. The molecular formula is C30H46O3. The molecular weight excluding hydrogens is 408 g/mol. The van der Waals surface area contributed by atoms with E-state index in [1.165, 1.54) is 57.8 Å². The topological polar surface area (TPSA) is 49.7 Å². The molecule has 2 aromatic carbocycles. The summed E-state index contributed by atoms with van der Waals surface area (Å²) in [5.74, 6) is 0.392. The predicted octanol–water partition coefficient (Wildman–Crippen LogP) is 8.40. The van der Waals surface area contributed by atoms with Gasteiger partial charge in [-0.25, -0.2) is 0 Å². The molecule has 0 radical (unpaired) electrons. The largest absolute Gasteiger partial charge is 0.507 e. The molecule has 33 heavy (non-hydrogen) atoms. The zero-order valence-electron chi connectivity index (χ0n) is 21.7. The number of rotatable bonds is 15. The third kappa shape index (κ3) is 8.70. The molecule has 0 fully saturated rings. The van der Waals surface area contributed by atoms with Crippen molar-refractivity contribution < 1.29 is 14.9 Å². The molecule has 0 atom stereocenters. The molecule has 0 bridgehead atoms. The van der Waals surface area contributed by atoms with Gasteiger partial charge in [-0.3, -0.25) is 0 Å². The molecule has 0 spiro atoms. The smallest absolute Gasteiger partial charge is 0.122 e. The van der Waals surface area contributed by atoms with E-state index in [2.05, 4.69) is 6.92 Å². The Labute approximate surface area is 202 Å². The maximum Gasteiger partial charge on any atom is 0.122 e. The number of aromatic hydroxyl groups is 2. The highest BCUT2D eigenvalue weighted by atomic mass is 16.5. The van der Waals surface area contributed by atoms with Gasteiger partial charge in [0.2, 0.25) is 0 Å². The Hall–Kier alpha value is -2.00. The maximum absolute atomic E-state index is 10.8. The van der Waals surface area contributed by atoms with Crippen molar-refractivity contribution in [1.82, 2.24) is 0 Å². The molecule has 184 valence electrons. The minimum atomic E-state index is -0.203. The van der Waals surface area contributed by atoms with E-state index in [4.69, 9.17) is 4.74 Å². The monoisotopic (exact) mass is 454 g/mol. The van der Waals surface area contributed by atoms with Crippen molar-refractivity contribution in [3.05, 3.63) is 57.6 Å². The second kappa shape index (κ2) is 14.3. The Kier molecular flexibility index (Phi) is 11.8. The first-order valence-corrected chi connectivity index (χ1v) is 13.0. The van der Waals surface area contributed by atoms with Crippen LogP contribution in [0.2, 0.25) is 0 Å². The average Bonchev–Trinajstić information content (AvgIpc) is 2.77. The van der Waals surface area contributed by atoms with E-state index in [0.717, 1.165) is 39.8 Å². The predicted molar refractivity (Wildman–Crippen MR) is 140 cm³/mol. The minimum absolute atomic E-state index is 0.203. The highest BCUT2D eigenvalue weighted by Crippen LogP contribution is 2.39. The summed E-state index contributed by atoms with van der Waals surface area (Å²) in [7, 11) is 0. The summed E-state index contributed by atoms with van der Waals surface area (Å²) >= 11 is 0. The molecule has 0 saturated heterocycles. The van der Waals surface area contributed by atoms with Gasteiger partial charge in [-0.05, 0) is 45.2 Å². The molecule has 3 heteroatoms. The second-order valence-corrected chi connectivity index (χ2v) is 9.85. The van der Waals surface area contributed by atoms with Crippen LogP contribution < -0.4 is 0 Å². The van der Waals surface area contributed by atoms with Gasteiger partial charge in [-0.1, -0.05) is 100 Å². The van der Waals surface area contributed by atoms with E-state index in [-0.39, 0.29) is 5.92 Å². The first kappa shape index (κ1) is 27.2. The van der Waals surface area contributed by atoms with Crippen LogP contribution in [0.15, 0.2) is 24.3 Å². The summed E-state index contributed by atoms with van der Waals surface area (Å²) in [4.78, 5) is 0. The van der Waals surface area contributed by atoms with E-state index in [9.17, 15) is 10.2 Å². The Morgan fingerprint density at radius 1 is 0.636 bits per heavy atom. The van der Waals surface area contributed by atoms with Gasteiger partial charge in [0.05, 0.1) is 6.61 Å². The normalized spacial score (nSPS) is 11.5. The van der Waals surface area contributed by atoms with Crippen LogP contribution in [0.5, 0.6) is 11.5 Å². The molecule has 2 N–H and O–H groups in total. The van der Waals surface area contributed by atoms with Crippen LogP contribution in [0.4, 0.5) is 0 Å². The standard InChI is InChI=1S/C30H46O3/c1-6-7-8-9-10-11-12-13-14-15-16-33-21-28(26-19-22(2)17-24(4)29(26)31)27-20-23(3)18-25(5)30(27)32/h17-20,28,31-32H,6-16,21H2,1-5H3. The molecule has 0 heterocycles. The lowest BCUT2D eigenvalue weighted by Crippen LogP contribution is -2.12. The number of hydrogen-bond donors (Lipinski definition) is 2. The Balaban J connectivity index is 1.94. The van der Waals surface area contributed by atoms with Crippen molar-refractivity contribution in [2.75, 3.05) is 13.2 Å². The zero-order valence-corrected chi connectivity index (χ0v) is 21.7. The Morgan fingerprint density at radius 2 is 1.06 bits per heavy atom. The average molecular weight is 455 g/mol. The number of phenolic OH excluding ortho intramolecular Hbond substituents is 2. The van der Waals surface area contributed by atoms with Crippen LogP contribution in [-0.4, -0.2) is 23.4 Å². The quantitative estimate of drug-likeness (QED) is 0.266. The maximum atomic E-state index is 10.8. The van der Waals surface area contributed by atoms with E-state index in [0.29, 0.717) is 24.7 Å². The molecule has 0 unspecified atom stereocenters. The van der Waals surface area contributed by atoms with Crippen LogP contribution >= 0.6 is 0 Å². The SMILES string of the molecule is CCCCCCCCCCCCOCC(c1cc(C)cc(C)c1O)c1cc(C)cc(C)c1O. The van der Waals surface area contributed by atoms with Crippen LogP contribution in [0.3, 0.4) is 0 Å². The van der Waals surface area contributed by atoms with Gasteiger partial charge < -0.3 is 14.9 Å². The summed E-state index contributed by atoms with van der Waals surface area (Å²) in [6.45, 7) is 11.4. The first-order chi connectivity index (χ1) is 15.8. The van der Waals surface area contributed by atoms with Crippen molar-refractivity contribution in [2.24, 2.45) is 0 Å². The van der Waals surface area contributed by atoms with Gasteiger partial charge >= 0.3 is 0 Å². The van der Waals surface area contributed by atoms with Crippen molar-refractivity contribution in [3.8, 4) is 11.5 Å². The van der Waals surface area contributed by atoms with Crippen molar-refractivity contribution in [3.63, 3.8) is 0 Å². The fourth-order valence-electron chi connectivity index (χ4n) is 4.76. The fourth-order valence-corrected chi connectivity index (χ4v) is 4.76. The molecule has 0 saturated carbocycles. The Bertz CT molecular complexity index is 799. The van der Waals surface area contributed by atoms with Gasteiger partial charge in [0.15, 0.2) is 0 Å². The van der Waals surface area contributed by atoms with E-state index in [1.807, 2.05) is 52.0 Å².